The topological polar surface area (TPSA) is 98.9 Å². The number of aromatic nitrogens is 6. The SMILES string of the molecule is C/C=C\c1cnc(-c2c(OC)ncnc2C2CC2)nc1N(C=O)Cc1ccc(-c2nc(C(F)(F)F)cn2CC)cc1. The summed E-state index contributed by atoms with van der Waals surface area (Å²) in [6, 6.07) is 6.90. The number of amides is 1. The largest absolute Gasteiger partial charge is 0.480 e. The Balaban J connectivity index is 1.48. The molecule has 3 heterocycles. The Hall–Kier alpha value is -4.61. The minimum Gasteiger partial charge on any atom is -0.480 e. The number of benzene rings is 1. The van der Waals surface area contributed by atoms with Crippen LogP contribution in [-0.4, -0.2) is 43.0 Å². The molecule has 1 aliphatic carbocycles. The number of carbonyl (C=O) groups excluding carboxylic acids is 1. The number of rotatable bonds is 10. The molecule has 0 spiro atoms. The van der Waals surface area contributed by atoms with Crippen LogP contribution in [0, 0.1) is 0 Å². The van der Waals surface area contributed by atoms with Crippen LogP contribution in [0.5, 0.6) is 5.88 Å². The number of anilines is 1. The van der Waals surface area contributed by atoms with Crippen LogP contribution in [0.4, 0.5) is 19.0 Å². The molecule has 41 heavy (non-hydrogen) atoms. The minimum absolute atomic E-state index is 0.165. The van der Waals surface area contributed by atoms with Crippen molar-refractivity contribution >= 4 is 18.3 Å². The van der Waals surface area contributed by atoms with Gasteiger partial charge in [-0.3, -0.25) is 9.69 Å². The Labute approximate surface area is 234 Å². The second-order valence-electron chi connectivity index (χ2n) is 9.55. The number of alkyl halides is 3. The first-order valence-electron chi connectivity index (χ1n) is 13.1. The van der Waals surface area contributed by atoms with Crippen LogP contribution in [0.1, 0.15) is 55.1 Å². The second-order valence-corrected chi connectivity index (χ2v) is 9.55. The van der Waals surface area contributed by atoms with E-state index in [-0.39, 0.29) is 18.3 Å². The van der Waals surface area contributed by atoms with Crippen molar-refractivity contribution in [3.63, 3.8) is 0 Å². The number of aryl methyl sites for hydroxylation is 1. The van der Waals surface area contributed by atoms with Crippen LogP contribution in [0.3, 0.4) is 0 Å². The molecule has 1 amide bonds. The van der Waals surface area contributed by atoms with Gasteiger partial charge < -0.3 is 9.30 Å². The zero-order chi connectivity index (χ0) is 29.1. The molecule has 9 nitrogen and oxygen atoms in total. The number of hydrogen-bond donors (Lipinski definition) is 0. The van der Waals surface area contributed by atoms with Crippen molar-refractivity contribution in [1.82, 2.24) is 29.5 Å². The van der Waals surface area contributed by atoms with Crippen molar-refractivity contribution in [2.75, 3.05) is 12.0 Å². The lowest BCUT2D eigenvalue weighted by Crippen LogP contribution is -2.23. The van der Waals surface area contributed by atoms with E-state index < -0.39 is 11.9 Å². The number of imidazole rings is 1. The van der Waals surface area contributed by atoms with Gasteiger partial charge >= 0.3 is 6.18 Å². The van der Waals surface area contributed by atoms with E-state index in [0.29, 0.717) is 47.2 Å². The number of nitrogens with zero attached hydrogens (tertiary/aromatic N) is 7. The zero-order valence-corrected chi connectivity index (χ0v) is 22.8. The van der Waals surface area contributed by atoms with Crippen LogP contribution in [0.2, 0.25) is 0 Å². The molecule has 0 radical (unpaired) electrons. The first-order chi connectivity index (χ1) is 19.8. The van der Waals surface area contributed by atoms with Gasteiger partial charge in [-0.1, -0.05) is 36.4 Å². The third kappa shape index (κ3) is 5.81. The van der Waals surface area contributed by atoms with E-state index in [2.05, 4.69) is 19.9 Å². The van der Waals surface area contributed by atoms with Gasteiger partial charge in [0.15, 0.2) is 11.5 Å². The molecule has 12 heteroatoms. The first kappa shape index (κ1) is 27.9. The summed E-state index contributed by atoms with van der Waals surface area (Å²) in [5.41, 5.74) is 2.39. The highest BCUT2D eigenvalue weighted by Crippen LogP contribution is 2.45. The molecule has 0 unspecified atom stereocenters. The summed E-state index contributed by atoms with van der Waals surface area (Å²) in [5, 5.41) is 0. The summed E-state index contributed by atoms with van der Waals surface area (Å²) in [4.78, 5) is 35.7. The van der Waals surface area contributed by atoms with Crippen molar-refractivity contribution in [2.45, 2.75) is 51.9 Å². The van der Waals surface area contributed by atoms with Crippen molar-refractivity contribution in [1.29, 1.82) is 0 Å². The molecule has 0 saturated heterocycles. The summed E-state index contributed by atoms with van der Waals surface area (Å²) in [5.74, 6) is 1.59. The molecule has 5 rings (SSSR count). The van der Waals surface area contributed by atoms with Crippen LogP contribution in [0.15, 0.2) is 49.1 Å². The normalized spacial score (nSPS) is 13.5. The third-order valence-corrected chi connectivity index (χ3v) is 6.74. The van der Waals surface area contributed by atoms with E-state index in [1.165, 1.54) is 22.9 Å². The maximum Gasteiger partial charge on any atom is 0.434 e. The fourth-order valence-electron chi connectivity index (χ4n) is 4.59. The predicted octanol–water partition coefficient (Wildman–Crippen LogP) is 5.92. The van der Waals surface area contributed by atoms with Gasteiger partial charge in [0.1, 0.15) is 23.5 Å². The lowest BCUT2D eigenvalue weighted by atomic mass is 10.1. The van der Waals surface area contributed by atoms with Gasteiger partial charge in [-0.25, -0.2) is 24.9 Å². The van der Waals surface area contributed by atoms with E-state index in [0.717, 1.165) is 30.3 Å². The average molecular weight is 564 g/mol. The Morgan fingerprint density at radius 1 is 1.12 bits per heavy atom. The lowest BCUT2D eigenvalue weighted by molar-refractivity contribution is -0.140. The van der Waals surface area contributed by atoms with E-state index >= 15 is 0 Å². The summed E-state index contributed by atoms with van der Waals surface area (Å²) in [6.07, 6.45) is 5.91. The molecule has 3 aromatic heterocycles. The summed E-state index contributed by atoms with van der Waals surface area (Å²) >= 11 is 0. The van der Waals surface area contributed by atoms with Crippen molar-refractivity contribution in [3.8, 4) is 28.7 Å². The number of ether oxygens (including phenoxy) is 1. The van der Waals surface area contributed by atoms with Gasteiger partial charge in [-0.2, -0.15) is 13.2 Å². The highest BCUT2D eigenvalue weighted by molar-refractivity contribution is 5.80. The number of hydrogen-bond acceptors (Lipinski definition) is 7. The predicted molar refractivity (Wildman–Crippen MR) is 147 cm³/mol. The Morgan fingerprint density at radius 2 is 1.88 bits per heavy atom. The summed E-state index contributed by atoms with van der Waals surface area (Å²) in [7, 11) is 1.52. The molecule has 1 fully saturated rings. The second kappa shape index (κ2) is 11.5. The standard InChI is InChI=1S/C29H28F3N7O2/c1-4-6-21-13-33-25(23-24(19-11-12-19)34-16-35-28(23)41-3)37-27(21)39(17-40)14-18-7-9-20(10-8-18)26-36-22(29(30,31)32)15-38(26)5-2/h4,6-10,13,15-17,19H,5,11-12,14H2,1-3H3/b6-4-. The highest BCUT2D eigenvalue weighted by Gasteiger charge is 2.35. The molecule has 0 N–H and O–H groups in total. The molecule has 0 bridgehead atoms. The number of methoxy groups -OCH3 is 1. The molecule has 0 atom stereocenters. The smallest absolute Gasteiger partial charge is 0.434 e. The van der Waals surface area contributed by atoms with Gasteiger partial charge in [0, 0.05) is 36.0 Å². The summed E-state index contributed by atoms with van der Waals surface area (Å²) < 4.78 is 46.6. The van der Waals surface area contributed by atoms with Gasteiger partial charge in [0.25, 0.3) is 0 Å². The first-order valence-corrected chi connectivity index (χ1v) is 13.1. The number of halogens is 3. The van der Waals surface area contributed by atoms with E-state index in [9.17, 15) is 18.0 Å². The van der Waals surface area contributed by atoms with Crippen molar-refractivity contribution < 1.29 is 22.7 Å². The molecule has 4 aromatic rings. The van der Waals surface area contributed by atoms with Crippen molar-refractivity contribution in [3.05, 3.63) is 71.6 Å². The Morgan fingerprint density at radius 3 is 2.49 bits per heavy atom. The average Bonchev–Trinajstić information content (AvgIpc) is 3.73. The van der Waals surface area contributed by atoms with Gasteiger partial charge in [0.05, 0.1) is 19.3 Å². The fourth-order valence-corrected chi connectivity index (χ4v) is 4.59. The van der Waals surface area contributed by atoms with Crippen LogP contribution in [-0.2, 0) is 24.1 Å². The van der Waals surface area contributed by atoms with E-state index in [1.54, 1.807) is 37.4 Å². The third-order valence-electron chi connectivity index (χ3n) is 6.74. The molecule has 1 aromatic carbocycles. The Kier molecular flexibility index (Phi) is 7.82. The minimum atomic E-state index is -4.53. The van der Waals surface area contributed by atoms with Crippen molar-refractivity contribution in [2.24, 2.45) is 0 Å². The van der Waals surface area contributed by atoms with E-state index in [1.807, 2.05) is 19.1 Å². The summed E-state index contributed by atoms with van der Waals surface area (Å²) in [6.45, 7) is 4.11. The number of carbonyl (C=O) groups is 1. The zero-order valence-electron chi connectivity index (χ0n) is 22.8. The van der Waals surface area contributed by atoms with Crippen LogP contribution in [0.25, 0.3) is 28.9 Å². The molecule has 1 saturated carbocycles. The monoisotopic (exact) mass is 563 g/mol. The Bertz CT molecular complexity index is 1580. The maximum atomic E-state index is 13.2. The molecular weight excluding hydrogens is 535 g/mol. The molecule has 1 aliphatic rings. The number of allylic oxidation sites excluding steroid dienone is 1. The van der Waals surface area contributed by atoms with Crippen LogP contribution < -0.4 is 9.64 Å². The van der Waals surface area contributed by atoms with Gasteiger partial charge in [-0.15, -0.1) is 0 Å². The maximum absolute atomic E-state index is 13.2. The molecule has 212 valence electrons. The molecule has 0 aliphatic heterocycles. The lowest BCUT2D eigenvalue weighted by Gasteiger charge is -2.20. The quantitative estimate of drug-likeness (QED) is 0.221. The van der Waals surface area contributed by atoms with Gasteiger partial charge in [-0.05, 0) is 32.3 Å². The fraction of sp³-hybridized carbons (Fsp3) is 0.310. The van der Waals surface area contributed by atoms with Crippen LogP contribution >= 0.6 is 0 Å². The van der Waals surface area contributed by atoms with E-state index in [4.69, 9.17) is 9.72 Å². The molecular formula is C29H28F3N7O2. The highest BCUT2D eigenvalue weighted by atomic mass is 19.4. The van der Waals surface area contributed by atoms with Gasteiger partial charge in [0.2, 0.25) is 12.3 Å².